The Morgan fingerprint density at radius 2 is 2.21 bits per heavy atom. The van der Waals surface area contributed by atoms with Crippen LogP contribution in [0.4, 0.5) is 0 Å². The van der Waals surface area contributed by atoms with E-state index in [4.69, 9.17) is 4.74 Å². The van der Waals surface area contributed by atoms with Gasteiger partial charge in [0.25, 0.3) is 0 Å². The highest BCUT2D eigenvalue weighted by Crippen LogP contribution is 2.02. The molecule has 0 aromatic heterocycles. The van der Waals surface area contributed by atoms with Gasteiger partial charge in [-0.2, -0.15) is 0 Å². The summed E-state index contributed by atoms with van der Waals surface area (Å²) in [6, 6.07) is 1.12. The Balaban J connectivity index is 2.09. The quantitative estimate of drug-likeness (QED) is 0.694. The van der Waals surface area contributed by atoms with Crippen LogP contribution in [-0.2, 0) is 4.74 Å². The van der Waals surface area contributed by atoms with E-state index in [-0.39, 0.29) is 0 Å². The van der Waals surface area contributed by atoms with Crippen molar-refractivity contribution >= 4 is 0 Å². The molecule has 2 N–H and O–H groups in total. The monoisotopic (exact) mass is 200 g/mol. The van der Waals surface area contributed by atoms with Gasteiger partial charge in [-0.3, -0.25) is 0 Å². The lowest BCUT2D eigenvalue weighted by molar-refractivity contribution is 0.0711. The molecule has 0 radical (unpaired) electrons. The number of rotatable bonds is 5. The van der Waals surface area contributed by atoms with Crippen molar-refractivity contribution in [1.82, 2.24) is 10.6 Å². The summed E-state index contributed by atoms with van der Waals surface area (Å²) in [6.45, 7) is 10.6. The molecule has 3 nitrogen and oxygen atoms in total. The molecule has 2 unspecified atom stereocenters. The lowest BCUT2D eigenvalue weighted by Gasteiger charge is -2.27. The molecule has 14 heavy (non-hydrogen) atoms. The fourth-order valence-corrected chi connectivity index (χ4v) is 1.72. The van der Waals surface area contributed by atoms with Gasteiger partial charge in [0.05, 0.1) is 13.2 Å². The van der Waals surface area contributed by atoms with E-state index < -0.39 is 0 Å². The molecule has 1 saturated heterocycles. The highest BCUT2D eigenvalue weighted by atomic mass is 16.5. The highest BCUT2D eigenvalue weighted by molar-refractivity contribution is 4.75. The first-order chi connectivity index (χ1) is 6.68. The number of ether oxygens (including phenoxy) is 1. The lowest BCUT2D eigenvalue weighted by atomic mass is 10.1. The summed E-state index contributed by atoms with van der Waals surface area (Å²) in [5.41, 5.74) is 0. The van der Waals surface area contributed by atoms with Crippen LogP contribution in [0.1, 0.15) is 27.2 Å². The number of hydrogen-bond donors (Lipinski definition) is 2. The van der Waals surface area contributed by atoms with E-state index in [0.717, 1.165) is 38.6 Å². The second-order valence-electron chi connectivity index (χ2n) is 4.66. The van der Waals surface area contributed by atoms with Crippen LogP contribution in [-0.4, -0.2) is 38.4 Å². The molecule has 0 spiro atoms. The molecule has 0 amide bonds. The third-order valence-electron chi connectivity index (χ3n) is 2.51. The van der Waals surface area contributed by atoms with Crippen molar-refractivity contribution < 1.29 is 4.74 Å². The third kappa shape index (κ3) is 4.94. The fraction of sp³-hybridized carbons (Fsp3) is 1.00. The zero-order valence-electron chi connectivity index (χ0n) is 9.68. The summed E-state index contributed by atoms with van der Waals surface area (Å²) in [5, 5.41) is 7.01. The van der Waals surface area contributed by atoms with Crippen molar-refractivity contribution in [3.05, 3.63) is 0 Å². The van der Waals surface area contributed by atoms with Crippen LogP contribution in [0.2, 0.25) is 0 Å². The second-order valence-corrected chi connectivity index (χ2v) is 4.66. The fourth-order valence-electron chi connectivity index (χ4n) is 1.72. The van der Waals surface area contributed by atoms with E-state index in [9.17, 15) is 0 Å². The third-order valence-corrected chi connectivity index (χ3v) is 2.51. The Kier molecular flexibility index (Phi) is 5.45. The minimum absolute atomic E-state index is 0.540. The zero-order chi connectivity index (χ0) is 10.4. The molecular formula is C11H24N2O. The second kappa shape index (κ2) is 6.38. The Bertz CT molecular complexity index is 144. The largest absolute Gasteiger partial charge is 0.379 e. The Morgan fingerprint density at radius 3 is 2.79 bits per heavy atom. The van der Waals surface area contributed by atoms with Gasteiger partial charge in [-0.15, -0.1) is 0 Å². The van der Waals surface area contributed by atoms with Gasteiger partial charge in [-0.05, 0) is 25.8 Å². The molecule has 1 heterocycles. The van der Waals surface area contributed by atoms with E-state index in [1.54, 1.807) is 0 Å². The van der Waals surface area contributed by atoms with Gasteiger partial charge in [0.2, 0.25) is 0 Å². The van der Waals surface area contributed by atoms with Crippen molar-refractivity contribution in [2.24, 2.45) is 5.92 Å². The highest BCUT2D eigenvalue weighted by Gasteiger charge is 2.15. The minimum Gasteiger partial charge on any atom is -0.379 e. The summed E-state index contributed by atoms with van der Waals surface area (Å²) in [6.07, 6.45) is 1.16. The number of hydrogen-bond acceptors (Lipinski definition) is 3. The van der Waals surface area contributed by atoms with Crippen molar-refractivity contribution in [3.8, 4) is 0 Å². The van der Waals surface area contributed by atoms with Crippen LogP contribution in [0.5, 0.6) is 0 Å². The molecule has 3 heteroatoms. The molecule has 1 fully saturated rings. The Labute approximate surface area is 87.6 Å². The lowest BCUT2D eigenvalue weighted by Crippen LogP contribution is -2.45. The standard InChI is InChI=1S/C11H24N2O/c1-9(2)7-13-10(3)6-11-8-14-5-4-12-11/h9-13H,4-8H2,1-3H3. The van der Waals surface area contributed by atoms with Crippen molar-refractivity contribution in [1.29, 1.82) is 0 Å². The van der Waals surface area contributed by atoms with Gasteiger partial charge in [0.1, 0.15) is 0 Å². The van der Waals surface area contributed by atoms with Gasteiger partial charge in [-0.1, -0.05) is 13.8 Å². The maximum Gasteiger partial charge on any atom is 0.0620 e. The van der Waals surface area contributed by atoms with Crippen LogP contribution in [0.3, 0.4) is 0 Å². The summed E-state index contributed by atoms with van der Waals surface area (Å²) in [7, 11) is 0. The van der Waals surface area contributed by atoms with Crippen LogP contribution < -0.4 is 10.6 Å². The van der Waals surface area contributed by atoms with Gasteiger partial charge in [0.15, 0.2) is 0 Å². The van der Waals surface area contributed by atoms with Gasteiger partial charge >= 0.3 is 0 Å². The average Bonchev–Trinajstić information content (AvgIpc) is 2.16. The normalized spacial score (nSPS) is 25.3. The summed E-state index contributed by atoms with van der Waals surface area (Å²) in [4.78, 5) is 0. The molecule has 1 rings (SSSR count). The SMILES string of the molecule is CC(C)CNC(C)CC1COCCN1. The van der Waals surface area contributed by atoms with Crippen molar-refractivity contribution in [2.45, 2.75) is 39.3 Å². The van der Waals surface area contributed by atoms with E-state index in [1.165, 1.54) is 0 Å². The van der Waals surface area contributed by atoms with Crippen LogP contribution >= 0.6 is 0 Å². The smallest absolute Gasteiger partial charge is 0.0620 e. The van der Waals surface area contributed by atoms with Crippen molar-refractivity contribution in [3.63, 3.8) is 0 Å². The molecule has 84 valence electrons. The summed E-state index contributed by atoms with van der Waals surface area (Å²) < 4.78 is 5.42. The maximum atomic E-state index is 5.42. The molecule has 0 saturated carbocycles. The van der Waals surface area contributed by atoms with E-state index in [1.807, 2.05) is 0 Å². The molecule has 1 aliphatic heterocycles. The maximum absolute atomic E-state index is 5.42. The Morgan fingerprint density at radius 1 is 1.43 bits per heavy atom. The van der Waals surface area contributed by atoms with E-state index >= 15 is 0 Å². The predicted molar refractivity (Wildman–Crippen MR) is 59.5 cm³/mol. The Hall–Kier alpha value is -0.120. The van der Waals surface area contributed by atoms with Crippen LogP contribution in [0.15, 0.2) is 0 Å². The summed E-state index contributed by atoms with van der Waals surface area (Å²) >= 11 is 0. The topological polar surface area (TPSA) is 33.3 Å². The van der Waals surface area contributed by atoms with Crippen LogP contribution in [0.25, 0.3) is 0 Å². The number of morpholine rings is 1. The van der Waals surface area contributed by atoms with Crippen LogP contribution in [0, 0.1) is 5.92 Å². The molecule has 0 aromatic rings. The van der Waals surface area contributed by atoms with Crippen molar-refractivity contribution in [2.75, 3.05) is 26.3 Å². The average molecular weight is 200 g/mol. The first kappa shape index (κ1) is 12.0. The first-order valence-electron chi connectivity index (χ1n) is 5.73. The van der Waals surface area contributed by atoms with E-state index in [0.29, 0.717) is 12.1 Å². The molecule has 0 aromatic carbocycles. The predicted octanol–water partition coefficient (Wildman–Crippen LogP) is 0.999. The minimum atomic E-state index is 0.540. The zero-order valence-corrected chi connectivity index (χ0v) is 9.68. The summed E-state index contributed by atoms with van der Waals surface area (Å²) in [5.74, 6) is 0.730. The molecule has 0 aliphatic carbocycles. The molecule has 0 bridgehead atoms. The molecule has 1 aliphatic rings. The van der Waals surface area contributed by atoms with Gasteiger partial charge in [-0.25, -0.2) is 0 Å². The number of nitrogens with one attached hydrogen (secondary N) is 2. The molecular weight excluding hydrogens is 176 g/mol. The van der Waals surface area contributed by atoms with Gasteiger partial charge in [0, 0.05) is 18.6 Å². The first-order valence-corrected chi connectivity index (χ1v) is 5.73. The van der Waals surface area contributed by atoms with E-state index in [2.05, 4.69) is 31.4 Å². The molecule has 2 atom stereocenters. The van der Waals surface area contributed by atoms with Gasteiger partial charge < -0.3 is 15.4 Å².